The van der Waals surface area contributed by atoms with E-state index in [-0.39, 0.29) is 45.8 Å². The highest BCUT2D eigenvalue weighted by Gasteiger charge is 2.48. The summed E-state index contributed by atoms with van der Waals surface area (Å²) in [5.74, 6) is -1.69. The number of aliphatic hydroxyl groups is 7. The Morgan fingerprint density at radius 1 is 0.745 bits per heavy atom. The summed E-state index contributed by atoms with van der Waals surface area (Å²) in [6, 6.07) is 12.5. The molecule has 0 amide bonds. The number of rotatable bonds is 11. The van der Waals surface area contributed by atoms with Crippen molar-refractivity contribution >= 4 is 18.1 Å². The largest absolute Gasteiger partial charge is 0.508 e. The molecular weight excluding hydrogens is 732 g/mol. The summed E-state index contributed by atoms with van der Waals surface area (Å²) in [5, 5.41) is 104. The molecule has 3 aliphatic rings. The van der Waals surface area contributed by atoms with Crippen LogP contribution in [0.3, 0.4) is 0 Å². The minimum Gasteiger partial charge on any atom is -0.508 e. The van der Waals surface area contributed by atoms with E-state index in [1.54, 1.807) is 12.1 Å². The zero-order valence-corrected chi connectivity index (χ0v) is 28.9. The molecule has 0 bridgehead atoms. The van der Waals surface area contributed by atoms with Crippen LogP contribution >= 0.6 is 0 Å². The number of hydrogen-bond donors (Lipinski definition) is 10. The molecule has 2 fully saturated rings. The maximum atomic E-state index is 12.5. The molecule has 0 saturated carbocycles. The van der Waals surface area contributed by atoms with Crippen molar-refractivity contribution in [1.29, 1.82) is 0 Å². The Morgan fingerprint density at radius 3 is 2.07 bits per heavy atom. The standard InChI is InChI=1S/C37H40O18/c1-49-24-10-17(5-8-21(24)41)35-25(13-20-22(51-35)11-19(40)12-23(20)52-36-33(47)31(45)29(43)26(14-38)54-36)53-37-34(48)32(46)30(44)27(55-37)15-50-28(42)9-4-16-2-6-18(39)7-3-16/h2-13,26-27,29-41,43-48H,14-15H2,1H3/b9-4+/t26-,27-,29-,30-,31+,32+,33+,34-,35?,36-,37-/m1/s1. The third-order valence-electron chi connectivity index (χ3n) is 9.09. The Morgan fingerprint density at radius 2 is 1.40 bits per heavy atom. The van der Waals surface area contributed by atoms with Crippen molar-refractivity contribution in [2.24, 2.45) is 0 Å². The summed E-state index contributed by atoms with van der Waals surface area (Å²) in [6.07, 6.45) is -14.2. The number of carbonyl (C=O) groups is 1. The second-order valence-electron chi connectivity index (χ2n) is 12.8. The number of benzene rings is 3. The summed E-state index contributed by atoms with van der Waals surface area (Å²) in [7, 11) is 1.32. The van der Waals surface area contributed by atoms with E-state index in [1.165, 1.54) is 55.7 Å². The van der Waals surface area contributed by atoms with Gasteiger partial charge in [0.05, 0.1) is 19.3 Å². The van der Waals surface area contributed by atoms with Crippen molar-refractivity contribution < 1.29 is 89.0 Å². The maximum absolute atomic E-state index is 12.5. The molecular formula is C37H40O18. The molecule has 11 atom stereocenters. The summed E-state index contributed by atoms with van der Waals surface area (Å²) in [6.45, 7) is -1.32. The third-order valence-corrected chi connectivity index (χ3v) is 9.09. The fourth-order valence-corrected chi connectivity index (χ4v) is 6.05. The van der Waals surface area contributed by atoms with Gasteiger partial charge in [0.2, 0.25) is 12.6 Å². The summed E-state index contributed by atoms with van der Waals surface area (Å²) in [4.78, 5) is 12.5. The minimum atomic E-state index is -1.88. The molecule has 55 heavy (non-hydrogen) atoms. The number of methoxy groups -OCH3 is 1. The van der Waals surface area contributed by atoms with Crippen LogP contribution in [-0.4, -0.2) is 139 Å². The van der Waals surface area contributed by atoms with E-state index in [4.69, 9.17) is 33.2 Å². The number of aromatic hydroxyl groups is 3. The summed E-state index contributed by atoms with van der Waals surface area (Å²) >= 11 is 0. The first-order chi connectivity index (χ1) is 26.3. The molecule has 0 spiro atoms. The van der Waals surface area contributed by atoms with Crippen molar-refractivity contribution in [3.05, 3.63) is 83.1 Å². The topological polar surface area (TPSA) is 284 Å². The van der Waals surface area contributed by atoms with Crippen LogP contribution < -0.4 is 14.2 Å². The monoisotopic (exact) mass is 772 g/mol. The Labute approximate surface area is 312 Å². The highest BCUT2D eigenvalue weighted by atomic mass is 16.7. The van der Waals surface area contributed by atoms with Gasteiger partial charge in [-0.15, -0.1) is 0 Å². The van der Waals surface area contributed by atoms with E-state index in [0.717, 1.165) is 12.1 Å². The quantitative estimate of drug-likeness (QED) is 0.0872. The van der Waals surface area contributed by atoms with Crippen LogP contribution in [0.25, 0.3) is 12.2 Å². The molecule has 3 aromatic carbocycles. The average molecular weight is 773 g/mol. The summed E-state index contributed by atoms with van der Waals surface area (Å²) in [5.41, 5.74) is 0.949. The minimum absolute atomic E-state index is 0.0188. The molecule has 296 valence electrons. The van der Waals surface area contributed by atoms with Crippen molar-refractivity contribution in [2.45, 2.75) is 67.5 Å². The van der Waals surface area contributed by atoms with Gasteiger partial charge in [0, 0.05) is 23.8 Å². The molecule has 10 N–H and O–H groups in total. The number of phenols is 3. The number of esters is 1. The van der Waals surface area contributed by atoms with E-state index in [2.05, 4.69) is 0 Å². The number of aliphatic hydroxyl groups excluding tert-OH is 7. The molecule has 1 unspecified atom stereocenters. The van der Waals surface area contributed by atoms with Crippen LogP contribution in [-0.2, 0) is 23.7 Å². The van der Waals surface area contributed by atoms with Crippen molar-refractivity contribution in [1.82, 2.24) is 0 Å². The van der Waals surface area contributed by atoms with Crippen LogP contribution in [0.1, 0.15) is 22.8 Å². The lowest BCUT2D eigenvalue weighted by molar-refractivity contribution is -0.294. The number of phenolic OH excluding ortho intramolecular Hbond substituents is 3. The third kappa shape index (κ3) is 8.57. The molecule has 6 rings (SSSR count). The van der Waals surface area contributed by atoms with E-state index >= 15 is 0 Å². The number of ether oxygens (including phenoxy) is 7. The van der Waals surface area contributed by atoms with Gasteiger partial charge in [-0.25, -0.2) is 4.79 Å². The zero-order chi connectivity index (χ0) is 39.6. The molecule has 0 aliphatic carbocycles. The van der Waals surface area contributed by atoms with Gasteiger partial charge in [0.15, 0.2) is 17.6 Å². The SMILES string of the molecule is COc1cc(C2Oc3cc(O)cc(O[C@@H]4O[C@H](CO)[C@@H](O)[C@H](O)[C@@H]4O)c3C=C2O[C@@H]2O[C@H](COC(=O)/C=C/c3ccc(O)cc3)[C@@H](O)[C@H](O)[C@H]2O)ccc1O. The highest BCUT2D eigenvalue weighted by molar-refractivity contribution is 5.87. The predicted molar refractivity (Wildman–Crippen MR) is 184 cm³/mol. The van der Waals surface area contributed by atoms with Crippen molar-refractivity contribution in [2.75, 3.05) is 20.3 Å². The molecule has 3 heterocycles. The van der Waals surface area contributed by atoms with E-state index in [1.807, 2.05) is 0 Å². The maximum Gasteiger partial charge on any atom is 0.330 e. The molecule has 0 aromatic heterocycles. The first kappa shape index (κ1) is 39.5. The molecule has 3 aromatic rings. The van der Waals surface area contributed by atoms with Crippen LogP contribution in [0.2, 0.25) is 0 Å². The van der Waals surface area contributed by atoms with Gasteiger partial charge in [-0.2, -0.15) is 0 Å². The molecule has 2 saturated heterocycles. The van der Waals surface area contributed by atoms with E-state index in [0.29, 0.717) is 11.1 Å². The Hall–Kier alpha value is -5.15. The Bertz CT molecular complexity index is 1880. The van der Waals surface area contributed by atoms with E-state index < -0.39 is 86.7 Å². The fraction of sp³-hybridized carbons (Fsp3) is 0.378. The van der Waals surface area contributed by atoms with Gasteiger partial charge >= 0.3 is 5.97 Å². The predicted octanol–water partition coefficient (Wildman–Crippen LogP) is -0.454. The first-order valence-corrected chi connectivity index (χ1v) is 16.9. The second-order valence-corrected chi connectivity index (χ2v) is 12.8. The fourth-order valence-electron chi connectivity index (χ4n) is 6.05. The van der Waals surface area contributed by atoms with Gasteiger partial charge in [0.1, 0.15) is 84.2 Å². The number of carbonyl (C=O) groups excluding carboxylic acids is 1. The van der Waals surface area contributed by atoms with Gasteiger partial charge in [-0.05, 0) is 42.0 Å². The van der Waals surface area contributed by atoms with Crippen LogP contribution in [0.15, 0.2) is 66.4 Å². The average Bonchev–Trinajstić information content (AvgIpc) is 3.17. The molecule has 3 aliphatic heterocycles. The van der Waals surface area contributed by atoms with Crippen LogP contribution in [0.5, 0.6) is 34.5 Å². The molecule has 18 nitrogen and oxygen atoms in total. The van der Waals surface area contributed by atoms with Crippen molar-refractivity contribution in [3.63, 3.8) is 0 Å². The normalized spacial score (nSPS) is 30.5. The van der Waals surface area contributed by atoms with Gasteiger partial charge in [0.25, 0.3) is 0 Å². The van der Waals surface area contributed by atoms with Crippen LogP contribution in [0.4, 0.5) is 0 Å². The molecule has 0 radical (unpaired) electrons. The smallest absolute Gasteiger partial charge is 0.330 e. The summed E-state index contributed by atoms with van der Waals surface area (Å²) < 4.78 is 39.9. The van der Waals surface area contributed by atoms with Crippen molar-refractivity contribution in [3.8, 4) is 34.5 Å². The van der Waals surface area contributed by atoms with Crippen LogP contribution in [0, 0.1) is 0 Å². The Kier molecular flexibility index (Phi) is 12.0. The highest BCUT2D eigenvalue weighted by Crippen LogP contribution is 2.46. The first-order valence-electron chi connectivity index (χ1n) is 16.9. The van der Waals surface area contributed by atoms with Gasteiger partial charge in [-0.1, -0.05) is 18.2 Å². The van der Waals surface area contributed by atoms with E-state index in [9.17, 15) is 55.9 Å². The lowest BCUT2D eigenvalue weighted by Crippen LogP contribution is -2.60. The van der Waals surface area contributed by atoms with Gasteiger partial charge in [-0.3, -0.25) is 0 Å². The Balaban J connectivity index is 1.29. The molecule has 18 heteroatoms. The zero-order valence-electron chi connectivity index (χ0n) is 28.9. The lowest BCUT2D eigenvalue weighted by Gasteiger charge is -2.41. The lowest BCUT2D eigenvalue weighted by atomic mass is 9.98. The number of fused-ring (bicyclic) bond motifs is 1. The van der Waals surface area contributed by atoms with Gasteiger partial charge < -0.3 is 84.2 Å². The second kappa shape index (κ2) is 16.7. The number of hydrogen-bond acceptors (Lipinski definition) is 18.